The van der Waals surface area contributed by atoms with Gasteiger partial charge in [-0.25, -0.2) is 0 Å². The molecule has 0 amide bonds. The van der Waals surface area contributed by atoms with Crippen LogP contribution in [0.4, 0.5) is 34.1 Å². The van der Waals surface area contributed by atoms with E-state index >= 15 is 0 Å². The van der Waals surface area contributed by atoms with Crippen molar-refractivity contribution in [3.8, 4) is 0 Å². The van der Waals surface area contributed by atoms with Gasteiger partial charge in [0.25, 0.3) is 6.71 Å². The van der Waals surface area contributed by atoms with Crippen LogP contribution in [0, 0.1) is 6.92 Å². The van der Waals surface area contributed by atoms with Crippen LogP contribution in [0.15, 0.2) is 218 Å². The summed E-state index contributed by atoms with van der Waals surface area (Å²) in [6.45, 7) is 16.1. The van der Waals surface area contributed by atoms with Crippen molar-refractivity contribution in [2.45, 2.75) is 84.0 Å². The summed E-state index contributed by atoms with van der Waals surface area (Å²) >= 11 is 0. The quantitative estimate of drug-likeness (QED) is 0.126. The lowest BCUT2D eigenvalue weighted by Gasteiger charge is -2.45. The van der Waals surface area contributed by atoms with Gasteiger partial charge in [-0.05, 0) is 122 Å². The molecule has 2 aliphatic rings. The number of aryl methyl sites for hydroxylation is 1. The minimum Gasteiger partial charge on any atom is -0.311 e. The zero-order valence-electron chi connectivity index (χ0n) is 58.9. The molecule has 0 saturated carbocycles. The Labute approximate surface area is 442 Å². The summed E-state index contributed by atoms with van der Waals surface area (Å²) in [5.74, 6) is 0. The van der Waals surface area contributed by atoms with Crippen LogP contribution < -0.4 is 26.2 Å². The Bertz CT molecular complexity index is 4080. The molecular formula is C67H63BN2. The van der Waals surface area contributed by atoms with E-state index in [4.69, 9.17) is 16.4 Å². The Morgan fingerprint density at radius 1 is 0.329 bits per heavy atom. The molecule has 70 heavy (non-hydrogen) atoms. The SMILES string of the molecule is [2H]c1cc(C(C)(C)c2cc([2H])c(N3c4cc(C)cc5c4B(c4cc(C(C)(C)c6cc([2H])c([2H])c([2H])c6)cc([2H])c43)c3cc(C(C)(C)c4cc([2H])c([2H])c([2H])c4)cc([2H])c3N5c3c([2H])cc(C(C)(C)c4cc([2H])c([2H])c([2H])c4)cc3[2H])c([2H])c2)cc([2H])c1[2H]. The predicted molar refractivity (Wildman–Crippen MR) is 299 cm³/mol. The molecule has 0 radical (unpaired) electrons. The molecule has 11 rings (SSSR count). The minimum atomic E-state index is -1.03. The van der Waals surface area contributed by atoms with Gasteiger partial charge in [-0.1, -0.05) is 225 Å². The van der Waals surface area contributed by atoms with E-state index in [0.29, 0.717) is 89.2 Å². The Balaban J connectivity index is 1.24. The maximum Gasteiger partial charge on any atom is 0.252 e. The third kappa shape index (κ3) is 7.41. The summed E-state index contributed by atoms with van der Waals surface area (Å²) in [4.78, 5) is 3.50. The van der Waals surface area contributed by atoms with Crippen LogP contribution in [0.25, 0.3) is 0 Å². The zero-order chi connectivity index (χ0) is 64.2. The van der Waals surface area contributed by atoms with Crippen molar-refractivity contribution in [1.82, 2.24) is 0 Å². The maximum absolute atomic E-state index is 10.4. The Morgan fingerprint density at radius 2 is 0.600 bits per heavy atom. The molecule has 9 aromatic carbocycles. The van der Waals surface area contributed by atoms with Gasteiger partial charge in [-0.15, -0.1) is 0 Å². The largest absolute Gasteiger partial charge is 0.311 e. The number of fused-ring (bicyclic) bond motifs is 4. The van der Waals surface area contributed by atoms with E-state index in [1.165, 1.54) is 24.3 Å². The van der Waals surface area contributed by atoms with Gasteiger partial charge >= 0.3 is 0 Å². The smallest absolute Gasteiger partial charge is 0.252 e. The molecule has 9 aromatic rings. The Hall–Kier alpha value is -7.36. The molecule has 0 bridgehead atoms. The lowest BCUT2D eigenvalue weighted by molar-refractivity contribution is 0.641. The van der Waals surface area contributed by atoms with Crippen LogP contribution in [0.3, 0.4) is 0 Å². The van der Waals surface area contributed by atoms with Crippen LogP contribution in [0.2, 0.25) is 0 Å². The number of nitrogens with zero attached hydrogens (tertiary/aromatic N) is 2. The van der Waals surface area contributed by atoms with Gasteiger partial charge in [0.15, 0.2) is 0 Å². The van der Waals surface area contributed by atoms with Crippen LogP contribution in [-0.4, -0.2) is 6.71 Å². The molecule has 0 fully saturated rings. The van der Waals surface area contributed by atoms with E-state index in [1.54, 1.807) is 70.5 Å². The molecule has 2 aliphatic heterocycles. The topological polar surface area (TPSA) is 6.48 Å². The minimum absolute atomic E-state index is 0.0197. The molecule has 2 heterocycles. The zero-order valence-corrected chi connectivity index (χ0v) is 40.9. The first-order valence-corrected chi connectivity index (χ1v) is 23.6. The second kappa shape index (κ2) is 17.0. The van der Waals surface area contributed by atoms with Gasteiger partial charge < -0.3 is 9.80 Å². The van der Waals surface area contributed by atoms with E-state index in [2.05, 4.69) is 0 Å². The predicted octanol–water partition coefficient (Wildman–Crippen LogP) is 15.4. The Morgan fingerprint density at radius 3 is 0.914 bits per heavy atom. The average Bonchev–Trinajstić information content (AvgIpc) is 0.735. The maximum atomic E-state index is 10.4. The van der Waals surface area contributed by atoms with Gasteiger partial charge in [0, 0.05) is 55.8 Å². The van der Waals surface area contributed by atoms with Crippen molar-refractivity contribution in [1.29, 1.82) is 0 Å². The molecule has 0 atom stereocenters. The number of hydrogen-bond donors (Lipinski definition) is 0. The van der Waals surface area contributed by atoms with E-state index in [1.807, 2.05) is 86.6 Å². The number of benzene rings is 9. The van der Waals surface area contributed by atoms with Crippen molar-refractivity contribution >= 4 is 57.2 Å². The Kier molecular flexibility index (Phi) is 7.02. The first kappa shape index (κ1) is 29.0. The summed E-state index contributed by atoms with van der Waals surface area (Å²) in [6.07, 6.45) is 0. The summed E-state index contributed by atoms with van der Waals surface area (Å²) in [7, 11) is 0. The van der Waals surface area contributed by atoms with E-state index in [-0.39, 0.29) is 120 Å². The molecule has 0 saturated heterocycles. The highest BCUT2D eigenvalue weighted by molar-refractivity contribution is 7.00. The highest BCUT2D eigenvalue weighted by atomic mass is 15.2. The van der Waals surface area contributed by atoms with Crippen LogP contribution >= 0.6 is 0 Å². The molecule has 2 nitrogen and oxygen atoms in total. The molecule has 0 spiro atoms. The van der Waals surface area contributed by atoms with Gasteiger partial charge in [-0.2, -0.15) is 0 Å². The summed E-state index contributed by atoms with van der Waals surface area (Å²) in [6, 6.07) is 27.4. The lowest BCUT2D eigenvalue weighted by atomic mass is 9.33. The number of anilines is 6. The van der Waals surface area contributed by atoms with Crippen LogP contribution in [-0.2, 0) is 21.7 Å². The van der Waals surface area contributed by atoms with Crippen molar-refractivity contribution < 1.29 is 24.7 Å². The first-order valence-electron chi connectivity index (χ1n) is 32.6. The van der Waals surface area contributed by atoms with Gasteiger partial charge in [-0.3, -0.25) is 0 Å². The van der Waals surface area contributed by atoms with Crippen molar-refractivity contribution in [2.24, 2.45) is 0 Å². The third-order valence-corrected chi connectivity index (χ3v) is 15.1. The molecule has 0 unspecified atom stereocenters. The second-order valence-corrected chi connectivity index (χ2v) is 20.6. The molecule has 344 valence electrons. The van der Waals surface area contributed by atoms with E-state index < -0.39 is 28.4 Å². The second-order valence-electron chi connectivity index (χ2n) is 20.6. The van der Waals surface area contributed by atoms with E-state index in [0.717, 1.165) is 0 Å². The van der Waals surface area contributed by atoms with Gasteiger partial charge in [0.2, 0.25) is 0 Å². The molecular weight excluding hydrogens is 844 g/mol. The molecule has 0 N–H and O–H groups in total. The summed E-state index contributed by atoms with van der Waals surface area (Å²) in [5, 5.41) is 0. The van der Waals surface area contributed by atoms with Crippen LogP contribution in [0.5, 0.6) is 0 Å². The lowest BCUT2D eigenvalue weighted by Crippen LogP contribution is -2.61. The average molecular weight is 925 g/mol. The standard InChI is InChI=1S/C67H63BN2/c1-46-42-61-63-62(43-46)70(56-38-32-52(33-39-56)65(4,5)48-24-16-11-17-25-48)60-41-35-54(67(8,9)50-28-20-13-21-29-50)45-58(60)68(63)57-44-53(66(6,7)49-26-18-12-19-27-49)34-40-59(57)69(61)55-36-30-51(31-37-55)64(2,3)47-22-14-10-15-23-47/h10-45H,1-9H3/i10D,11D,12D,13D,14D,15D,16D,17D,18D,19D,20D,21D,36D,37D,38D,39D,40D,41D. The highest BCUT2D eigenvalue weighted by Gasteiger charge is 2.45. The third-order valence-electron chi connectivity index (χ3n) is 15.1. The fourth-order valence-electron chi connectivity index (χ4n) is 10.3. The van der Waals surface area contributed by atoms with Crippen molar-refractivity contribution in [3.05, 3.63) is 268 Å². The molecule has 3 heteroatoms. The highest BCUT2D eigenvalue weighted by Crippen LogP contribution is 2.47. The number of hydrogen-bond acceptors (Lipinski definition) is 2. The van der Waals surface area contributed by atoms with Gasteiger partial charge in [0.1, 0.15) is 0 Å². The van der Waals surface area contributed by atoms with Crippen LogP contribution in [0.1, 0.15) is 130 Å². The monoisotopic (exact) mass is 925 g/mol. The fourth-order valence-corrected chi connectivity index (χ4v) is 10.3. The normalized spacial score (nSPS) is 17.0. The summed E-state index contributed by atoms with van der Waals surface area (Å²) < 4.78 is 163. The number of rotatable bonds is 10. The van der Waals surface area contributed by atoms with E-state index in [9.17, 15) is 8.22 Å². The molecule has 0 aliphatic carbocycles. The summed E-state index contributed by atoms with van der Waals surface area (Å²) in [5.41, 5.74) is 4.33. The van der Waals surface area contributed by atoms with Crippen molar-refractivity contribution in [3.63, 3.8) is 0 Å². The fraction of sp³-hybridized carbons (Fsp3) is 0.194. The molecule has 0 aromatic heterocycles. The van der Waals surface area contributed by atoms with Gasteiger partial charge in [0.05, 0.1) is 24.7 Å². The first-order chi connectivity index (χ1) is 41.0. The van der Waals surface area contributed by atoms with Crippen molar-refractivity contribution in [2.75, 3.05) is 9.80 Å².